The maximum Gasteiger partial charge on any atom is 0.0640 e. The Labute approximate surface area is 108 Å². The van der Waals surface area contributed by atoms with Crippen LogP contribution in [0.4, 0.5) is 0 Å². The first kappa shape index (κ1) is 12.2. The molecule has 0 saturated heterocycles. The minimum Gasteiger partial charge on any atom is -0.287 e. The molecule has 0 aliphatic rings. The highest BCUT2D eigenvalue weighted by Crippen LogP contribution is 2.00. The van der Waals surface area contributed by atoms with Gasteiger partial charge in [-0.15, -0.1) is 0 Å². The highest BCUT2D eigenvalue weighted by Gasteiger charge is 1.86. The van der Waals surface area contributed by atoms with E-state index in [-0.39, 0.29) is 0 Å². The van der Waals surface area contributed by atoms with Crippen molar-refractivity contribution in [2.45, 2.75) is 13.1 Å². The highest BCUT2D eigenvalue weighted by atomic mass is 14.7. The minimum absolute atomic E-state index is 0.707. The van der Waals surface area contributed by atoms with Gasteiger partial charge in [0.25, 0.3) is 0 Å². The molecule has 0 aromatic heterocycles. The molecule has 0 aliphatic heterocycles. The zero-order valence-corrected chi connectivity index (χ0v) is 10.2. The van der Waals surface area contributed by atoms with Gasteiger partial charge in [-0.1, -0.05) is 60.7 Å². The van der Waals surface area contributed by atoms with Crippen molar-refractivity contribution >= 4 is 12.4 Å². The van der Waals surface area contributed by atoms with E-state index >= 15 is 0 Å². The number of hydrogen-bond acceptors (Lipinski definition) is 2. The first-order valence-electron chi connectivity index (χ1n) is 6.01. The molecule has 0 saturated carbocycles. The lowest BCUT2D eigenvalue weighted by molar-refractivity contribution is 1.07. The van der Waals surface area contributed by atoms with Gasteiger partial charge in [0, 0.05) is 12.4 Å². The SMILES string of the molecule is C(C=NCc1ccccc1)=NCc1ccccc1. The molecular weight excluding hydrogens is 220 g/mol. The van der Waals surface area contributed by atoms with Crippen LogP contribution in [0.1, 0.15) is 11.1 Å². The zero-order chi connectivity index (χ0) is 12.5. The average Bonchev–Trinajstić information content (AvgIpc) is 2.45. The number of hydrogen-bond donors (Lipinski definition) is 0. The van der Waals surface area contributed by atoms with Crippen LogP contribution in [0.15, 0.2) is 70.6 Å². The molecule has 0 fully saturated rings. The van der Waals surface area contributed by atoms with Gasteiger partial charge in [-0.2, -0.15) is 0 Å². The van der Waals surface area contributed by atoms with E-state index in [1.165, 1.54) is 11.1 Å². The Kier molecular flexibility index (Phi) is 4.88. The predicted molar refractivity (Wildman–Crippen MR) is 77.3 cm³/mol. The fraction of sp³-hybridized carbons (Fsp3) is 0.125. The lowest BCUT2D eigenvalue weighted by atomic mass is 10.2. The summed E-state index contributed by atoms with van der Waals surface area (Å²) in [4.78, 5) is 8.60. The number of aliphatic imine (C=N–C) groups is 2. The lowest BCUT2D eigenvalue weighted by Crippen LogP contribution is -1.84. The summed E-state index contributed by atoms with van der Waals surface area (Å²) in [5.74, 6) is 0. The van der Waals surface area contributed by atoms with Crippen molar-refractivity contribution in [3.63, 3.8) is 0 Å². The third kappa shape index (κ3) is 4.34. The van der Waals surface area contributed by atoms with Crippen LogP contribution < -0.4 is 0 Å². The Bertz CT molecular complexity index is 452. The Morgan fingerprint density at radius 2 is 1.00 bits per heavy atom. The van der Waals surface area contributed by atoms with E-state index in [1.807, 2.05) is 36.4 Å². The van der Waals surface area contributed by atoms with Crippen LogP contribution in [-0.2, 0) is 13.1 Å². The molecule has 0 radical (unpaired) electrons. The van der Waals surface area contributed by atoms with E-state index in [4.69, 9.17) is 0 Å². The topological polar surface area (TPSA) is 24.7 Å². The maximum atomic E-state index is 4.30. The molecule has 2 heteroatoms. The predicted octanol–water partition coefficient (Wildman–Crippen LogP) is 3.53. The van der Waals surface area contributed by atoms with E-state index in [1.54, 1.807) is 12.4 Å². The summed E-state index contributed by atoms with van der Waals surface area (Å²) in [7, 11) is 0. The molecule has 18 heavy (non-hydrogen) atoms. The molecule has 0 amide bonds. The van der Waals surface area contributed by atoms with Gasteiger partial charge in [0.05, 0.1) is 13.1 Å². The van der Waals surface area contributed by atoms with Crippen molar-refractivity contribution in [2.75, 3.05) is 0 Å². The van der Waals surface area contributed by atoms with Crippen molar-refractivity contribution < 1.29 is 0 Å². The monoisotopic (exact) mass is 236 g/mol. The van der Waals surface area contributed by atoms with E-state index < -0.39 is 0 Å². The smallest absolute Gasteiger partial charge is 0.0640 e. The van der Waals surface area contributed by atoms with E-state index in [0.29, 0.717) is 13.1 Å². The lowest BCUT2D eigenvalue weighted by Gasteiger charge is -1.94. The zero-order valence-electron chi connectivity index (χ0n) is 10.2. The molecule has 0 unspecified atom stereocenters. The average molecular weight is 236 g/mol. The van der Waals surface area contributed by atoms with Gasteiger partial charge in [-0.3, -0.25) is 9.98 Å². The second-order valence-electron chi connectivity index (χ2n) is 3.95. The van der Waals surface area contributed by atoms with Crippen molar-refractivity contribution in [2.24, 2.45) is 9.98 Å². The van der Waals surface area contributed by atoms with Gasteiger partial charge < -0.3 is 0 Å². The Morgan fingerprint density at radius 3 is 1.39 bits per heavy atom. The molecule has 0 aliphatic carbocycles. The summed E-state index contributed by atoms with van der Waals surface area (Å²) >= 11 is 0. The fourth-order valence-corrected chi connectivity index (χ4v) is 1.58. The van der Waals surface area contributed by atoms with Crippen molar-refractivity contribution in [3.8, 4) is 0 Å². The van der Waals surface area contributed by atoms with Crippen LogP contribution in [0, 0.1) is 0 Å². The van der Waals surface area contributed by atoms with Crippen LogP contribution in [0.2, 0.25) is 0 Å². The van der Waals surface area contributed by atoms with Gasteiger partial charge >= 0.3 is 0 Å². The quantitative estimate of drug-likeness (QED) is 0.709. The summed E-state index contributed by atoms with van der Waals surface area (Å²) in [5, 5.41) is 0. The summed E-state index contributed by atoms with van der Waals surface area (Å²) in [5.41, 5.74) is 2.43. The van der Waals surface area contributed by atoms with Gasteiger partial charge in [0.1, 0.15) is 0 Å². The molecule has 0 atom stereocenters. The first-order chi connectivity index (χ1) is 8.95. The van der Waals surface area contributed by atoms with Crippen LogP contribution in [0.5, 0.6) is 0 Å². The molecule has 0 spiro atoms. The van der Waals surface area contributed by atoms with Crippen LogP contribution in [0.25, 0.3) is 0 Å². The number of benzene rings is 2. The number of rotatable bonds is 5. The molecular formula is C16H16N2. The summed E-state index contributed by atoms with van der Waals surface area (Å²) < 4.78 is 0. The van der Waals surface area contributed by atoms with Gasteiger partial charge in [0.15, 0.2) is 0 Å². The molecule has 0 N–H and O–H groups in total. The van der Waals surface area contributed by atoms with E-state index in [2.05, 4.69) is 34.3 Å². The largest absolute Gasteiger partial charge is 0.287 e. The van der Waals surface area contributed by atoms with Gasteiger partial charge in [0.2, 0.25) is 0 Å². The van der Waals surface area contributed by atoms with E-state index in [0.717, 1.165) is 0 Å². The second-order valence-corrected chi connectivity index (χ2v) is 3.95. The maximum absolute atomic E-state index is 4.30. The Balaban J connectivity index is 1.75. The van der Waals surface area contributed by atoms with Crippen molar-refractivity contribution in [1.82, 2.24) is 0 Å². The van der Waals surface area contributed by atoms with E-state index in [9.17, 15) is 0 Å². The molecule has 0 heterocycles. The number of nitrogens with zero attached hydrogens (tertiary/aromatic N) is 2. The Morgan fingerprint density at radius 1 is 0.611 bits per heavy atom. The molecule has 0 bridgehead atoms. The molecule has 90 valence electrons. The normalized spacial score (nSPS) is 11.3. The molecule has 2 rings (SSSR count). The third-order valence-electron chi connectivity index (χ3n) is 2.51. The standard InChI is InChI=1S/C16H16N2/c1-3-7-15(8-4-1)13-17-11-12-18-14-16-9-5-2-6-10-16/h1-12H,13-14H2. The van der Waals surface area contributed by atoms with Gasteiger partial charge in [-0.05, 0) is 11.1 Å². The van der Waals surface area contributed by atoms with Crippen LogP contribution in [-0.4, -0.2) is 12.4 Å². The van der Waals surface area contributed by atoms with Crippen LogP contribution in [0.3, 0.4) is 0 Å². The highest BCUT2D eigenvalue weighted by molar-refractivity contribution is 6.15. The third-order valence-corrected chi connectivity index (χ3v) is 2.51. The molecule has 2 aromatic rings. The summed E-state index contributed by atoms with van der Waals surface area (Å²) in [6.45, 7) is 1.41. The minimum atomic E-state index is 0.707. The summed E-state index contributed by atoms with van der Waals surface area (Å²) in [6, 6.07) is 20.4. The van der Waals surface area contributed by atoms with Crippen LogP contribution >= 0.6 is 0 Å². The first-order valence-corrected chi connectivity index (χ1v) is 6.01. The fourth-order valence-electron chi connectivity index (χ4n) is 1.58. The Hall–Kier alpha value is -2.22. The van der Waals surface area contributed by atoms with Crippen molar-refractivity contribution in [1.29, 1.82) is 0 Å². The summed E-state index contributed by atoms with van der Waals surface area (Å²) in [6.07, 6.45) is 3.52. The van der Waals surface area contributed by atoms with Gasteiger partial charge in [-0.25, -0.2) is 0 Å². The second kappa shape index (κ2) is 7.17. The molecule has 2 nitrogen and oxygen atoms in total. The molecule has 2 aromatic carbocycles. The van der Waals surface area contributed by atoms with Crippen molar-refractivity contribution in [3.05, 3.63) is 71.8 Å².